The first-order valence-corrected chi connectivity index (χ1v) is 10.4. The number of rotatable bonds is 6. The third kappa shape index (κ3) is 4.53. The van der Waals surface area contributed by atoms with E-state index in [0.717, 1.165) is 9.80 Å². The Morgan fingerprint density at radius 1 is 1.06 bits per heavy atom. The minimum Gasteiger partial charge on any atom is -0.495 e. The summed E-state index contributed by atoms with van der Waals surface area (Å²) in [6, 6.07) is 6.15. The highest BCUT2D eigenvalue weighted by atomic mass is 35.5. The number of anilines is 1. The van der Waals surface area contributed by atoms with Crippen LogP contribution in [0.1, 0.15) is 27.6 Å². The Bertz CT molecular complexity index is 1100. The molecule has 8 nitrogen and oxygen atoms in total. The first-order valence-electron chi connectivity index (χ1n) is 9.30. The molecular weight excluding hydrogens is 481 g/mol. The van der Waals surface area contributed by atoms with Gasteiger partial charge in [0.25, 0.3) is 11.8 Å². The molecule has 0 radical (unpaired) electrons. The number of halogens is 3. The molecule has 2 aromatic rings. The van der Waals surface area contributed by atoms with Crippen molar-refractivity contribution in [2.45, 2.75) is 13.0 Å². The molecule has 0 saturated carbocycles. The molecule has 2 aromatic carbocycles. The van der Waals surface area contributed by atoms with E-state index in [2.05, 4.69) is 5.32 Å². The SMILES string of the molecule is COc1ccc(Cl)cc1NC(=O)CN(C)C(=O)C(C)N1C(=O)c2cc(Cl)c(Cl)cc2C1=O. The number of nitrogens with zero attached hydrogens (tertiary/aromatic N) is 2. The number of amides is 4. The summed E-state index contributed by atoms with van der Waals surface area (Å²) in [5.41, 5.74) is 0.475. The Hall–Kier alpha value is -2.81. The lowest BCUT2D eigenvalue weighted by molar-refractivity contribution is -0.136. The standard InChI is InChI=1S/C21H18Cl3N3O5/c1-10(27-20(30)12-7-14(23)15(24)8-13(12)21(27)31)19(29)26(2)9-18(28)25-16-6-11(22)4-5-17(16)32-3/h4-8,10H,9H2,1-3H3,(H,25,28). The molecule has 1 atom stereocenters. The number of benzene rings is 2. The normalized spacial score (nSPS) is 13.6. The Morgan fingerprint density at radius 2 is 1.62 bits per heavy atom. The van der Waals surface area contributed by atoms with Crippen molar-refractivity contribution < 1.29 is 23.9 Å². The van der Waals surface area contributed by atoms with Gasteiger partial charge in [-0.1, -0.05) is 34.8 Å². The number of methoxy groups -OCH3 is 1. The number of imide groups is 1. The number of fused-ring (bicyclic) bond motifs is 1. The summed E-state index contributed by atoms with van der Waals surface area (Å²) in [4.78, 5) is 52.7. The molecule has 0 fully saturated rings. The molecule has 1 unspecified atom stereocenters. The van der Waals surface area contributed by atoms with Crippen molar-refractivity contribution >= 4 is 64.1 Å². The van der Waals surface area contributed by atoms with Crippen LogP contribution in [-0.4, -0.2) is 60.2 Å². The second-order valence-corrected chi connectivity index (χ2v) is 8.31. The van der Waals surface area contributed by atoms with Gasteiger partial charge in [0.05, 0.1) is 40.5 Å². The highest BCUT2D eigenvalue weighted by Gasteiger charge is 2.42. The third-order valence-corrected chi connectivity index (χ3v) is 5.85. The van der Waals surface area contributed by atoms with Crippen LogP contribution in [0.3, 0.4) is 0 Å². The molecule has 11 heteroatoms. The van der Waals surface area contributed by atoms with Gasteiger partial charge in [-0.2, -0.15) is 0 Å². The van der Waals surface area contributed by atoms with E-state index in [1.165, 1.54) is 39.3 Å². The maximum Gasteiger partial charge on any atom is 0.262 e. The molecule has 0 aliphatic carbocycles. The summed E-state index contributed by atoms with van der Waals surface area (Å²) in [7, 11) is 2.83. The molecule has 1 aliphatic heterocycles. The summed E-state index contributed by atoms with van der Waals surface area (Å²) < 4.78 is 5.18. The van der Waals surface area contributed by atoms with Crippen molar-refractivity contribution in [3.63, 3.8) is 0 Å². The quantitative estimate of drug-likeness (QED) is 0.612. The van der Waals surface area contributed by atoms with Crippen LogP contribution in [-0.2, 0) is 9.59 Å². The van der Waals surface area contributed by atoms with Gasteiger partial charge in [0, 0.05) is 12.1 Å². The minimum absolute atomic E-state index is 0.0671. The van der Waals surface area contributed by atoms with Crippen LogP contribution in [0, 0.1) is 0 Å². The summed E-state index contributed by atoms with van der Waals surface area (Å²) in [5, 5.41) is 3.26. The third-order valence-electron chi connectivity index (χ3n) is 4.90. The second kappa shape index (κ2) is 9.36. The van der Waals surface area contributed by atoms with Gasteiger partial charge in [-0.05, 0) is 37.3 Å². The maximum atomic E-state index is 12.9. The van der Waals surface area contributed by atoms with Gasteiger partial charge in [0.1, 0.15) is 11.8 Å². The molecular formula is C21H18Cl3N3O5. The van der Waals surface area contributed by atoms with E-state index in [4.69, 9.17) is 39.5 Å². The molecule has 0 saturated heterocycles. The number of hydrogen-bond donors (Lipinski definition) is 1. The minimum atomic E-state index is -1.15. The van der Waals surface area contributed by atoms with Crippen LogP contribution < -0.4 is 10.1 Å². The van der Waals surface area contributed by atoms with Crippen LogP contribution in [0.4, 0.5) is 5.69 Å². The Kier molecular flexibility index (Phi) is 6.97. The average Bonchev–Trinajstić information content (AvgIpc) is 2.97. The van der Waals surface area contributed by atoms with E-state index in [1.54, 1.807) is 12.1 Å². The number of carbonyl (C=O) groups excluding carboxylic acids is 4. The molecule has 1 heterocycles. The fraction of sp³-hybridized carbons (Fsp3) is 0.238. The average molecular weight is 499 g/mol. The zero-order valence-corrected chi connectivity index (χ0v) is 19.5. The number of hydrogen-bond acceptors (Lipinski definition) is 5. The Labute approximate surface area is 199 Å². The molecule has 3 rings (SSSR count). The monoisotopic (exact) mass is 497 g/mol. The lowest BCUT2D eigenvalue weighted by atomic mass is 10.1. The number of nitrogens with one attached hydrogen (secondary N) is 1. The Morgan fingerprint density at radius 3 is 2.16 bits per heavy atom. The van der Waals surface area contributed by atoms with Crippen LogP contribution in [0.5, 0.6) is 5.75 Å². The van der Waals surface area contributed by atoms with Crippen molar-refractivity contribution in [3.8, 4) is 5.75 Å². The zero-order chi connectivity index (χ0) is 23.7. The Balaban J connectivity index is 1.71. The molecule has 168 valence electrons. The lowest BCUT2D eigenvalue weighted by Gasteiger charge is -2.26. The first kappa shape index (κ1) is 23.8. The van der Waals surface area contributed by atoms with Crippen LogP contribution in [0.2, 0.25) is 15.1 Å². The largest absolute Gasteiger partial charge is 0.495 e. The van der Waals surface area contributed by atoms with E-state index in [9.17, 15) is 19.2 Å². The molecule has 0 spiro atoms. The summed E-state index contributed by atoms with van der Waals surface area (Å²) in [5.74, 6) is -2.05. The van der Waals surface area contributed by atoms with Crippen molar-refractivity contribution in [3.05, 3.63) is 56.5 Å². The second-order valence-electron chi connectivity index (χ2n) is 7.06. The number of ether oxygens (including phenoxy) is 1. The van der Waals surface area contributed by atoms with Gasteiger partial charge >= 0.3 is 0 Å². The summed E-state index contributed by atoms with van der Waals surface area (Å²) in [6.45, 7) is 1.07. The van der Waals surface area contributed by atoms with Crippen LogP contribution in [0.25, 0.3) is 0 Å². The zero-order valence-electron chi connectivity index (χ0n) is 17.2. The fourth-order valence-corrected chi connectivity index (χ4v) is 3.79. The smallest absolute Gasteiger partial charge is 0.262 e. The van der Waals surface area contributed by atoms with Gasteiger partial charge in [-0.3, -0.25) is 24.1 Å². The van der Waals surface area contributed by atoms with Crippen molar-refractivity contribution in [1.29, 1.82) is 0 Å². The summed E-state index contributed by atoms with van der Waals surface area (Å²) >= 11 is 17.9. The molecule has 1 aliphatic rings. The topological polar surface area (TPSA) is 96.0 Å². The number of likely N-dealkylation sites (N-methyl/N-ethyl adjacent to an activating group) is 1. The van der Waals surface area contributed by atoms with E-state index in [1.807, 2.05) is 0 Å². The number of carbonyl (C=O) groups is 4. The van der Waals surface area contributed by atoms with Crippen molar-refractivity contribution in [1.82, 2.24) is 9.80 Å². The lowest BCUT2D eigenvalue weighted by Crippen LogP contribution is -2.49. The van der Waals surface area contributed by atoms with Crippen LogP contribution >= 0.6 is 34.8 Å². The molecule has 0 aromatic heterocycles. The predicted octanol–water partition coefficient (Wildman–Crippen LogP) is 3.74. The van der Waals surface area contributed by atoms with E-state index >= 15 is 0 Å². The summed E-state index contributed by atoms with van der Waals surface area (Å²) in [6.07, 6.45) is 0. The molecule has 0 bridgehead atoms. The van der Waals surface area contributed by atoms with Crippen LogP contribution in [0.15, 0.2) is 30.3 Å². The predicted molar refractivity (Wildman–Crippen MR) is 121 cm³/mol. The van der Waals surface area contributed by atoms with Crippen molar-refractivity contribution in [2.75, 3.05) is 26.0 Å². The highest BCUT2D eigenvalue weighted by molar-refractivity contribution is 6.43. The highest BCUT2D eigenvalue weighted by Crippen LogP contribution is 2.32. The van der Waals surface area contributed by atoms with Gasteiger partial charge in [0.2, 0.25) is 11.8 Å². The maximum absolute atomic E-state index is 12.9. The first-order chi connectivity index (χ1) is 15.0. The molecule has 32 heavy (non-hydrogen) atoms. The van der Waals surface area contributed by atoms with Gasteiger partial charge in [0.15, 0.2) is 0 Å². The van der Waals surface area contributed by atoms with Gasteiger partial charge in [-0.15, -0.1) is 0 Å². The van der Waals surface area contributed by atoms with Gasteiger partial charge in [-0.25, -0.2) is 0 Å². The fourth-order valence-electron chi connectivity index (χ4n) is 3.29. The van der Waals surface area contributed by atoms with E-state index in [0.29, 0.717) is 16.5 Å². The van der Waals surface area contributed by atoms with E-state index in [-0.39, 0.29) is 27.7 Å². The van der Waals surface area contributed by atoms with E-state index < -0.39 is 29.7 Å². The molecule has 4 amide bonds. The van der Waals surface area contributed by atoms with Crippen molar-refractivity contribution in [2.24, 2.45) is 0 Å². The van der Waals surface area contributed by atoms with Gasteiger partial charge < -0.3 is 15.0 Å². The molecule has 1 N–H and O–H groups in total.